The Balaban J connectivity index is 1.54. The van der Waals surface area contributed by atoms with E-state index in [4.69, 9.17) is 21.1 Å². The highest BCUT2D eigenvalue weighted by Gasteiger charge is 2.22. The van der Waals surface area contributed by atoms with Crippen molar-refractivity contribution in [2.45, 2.75) is 12.8 Å². The lowest BCUT2D eigenvalue weighted by atomic mass is 10.3. The first kappa shape index (κ1) is 13.0. The molecule has 0 atom stereocenters. The number of carbonyl (C=O) groups excluding carboxylic acids is 1. The van der Waals surface area contributed by atoms with Crippen molar-refractivity contribution in [3.63, 3.8) is 0 Å². The lowest BCUT2D eigenvalue weighted by Gasteiger charge is -2.08. The van der Waals surface area contributed by atoms with E-state index in [9.17, 15) is 4.79 Å². The monoisotopic (exact) mass is 269 g/mol. The maximum atomic E-state index is 11.2. The molecule has 0 bridgehead atoms. The predicted molar refractivity (Wildman–Crippen MR) is 69.0 cm³/mol. The van der Waals surface area contributed by atoms with Crippen molar-refractivity contribution in [3.05, 3.63) is 29.3 Å². The molecule has 98 valence electrons. The Morgan fingerprint density at radius 1 is 1.33 bits per heavy atom. The molecule has 0 radical (unpaired) electrons. The van der Waals surface area contributed by atoms with Gasteiger partial charge < -0.3 is 14.8 Å². The summed E-state index contributed by atoms with van der Waals surface area (Å²) in [5.41, 5.74) is 0. The second kappa shape index (κ2) is 6.50. The molecule has 1 saturated carbocycles. The van der Waals surface area contributed by atoms with Crippen molar-refractivity contribution >= 4 is 17.7 Å². The maximum absolute atomic E-state index is 11.2. The van der Waals surface area contributed by atoms with Gasteiger partial charge in [-0.25, -0.2) is 4.79 Å². The Morgan fingerprint density at radius 3 is 2.72 bits per heavy atom. The van der Waals surface area contributed by atoms with Crippen molar-refractivity contribution in [2.75, 3.05) is 19.8 Å². The number of hydrogen-bond donors (Lipinski definition) is 1. The summed E-state index contributed by atoms with van der Waals surface area (Å²) in [7, 11) is 0. The van der Waals surface area contributed by atoms with E-state index >= 15 is 0 Å². The standard InChI is InChI=1S/C13H16ClNO3/c14-11-3-5-12(6-4-11)17-8-7-15-13(16)18-9-10-1-2-10/h3-6,10H,1-2,7-9H2,(H,15,16). The van der Waals surface area contributed by atoms with Crippen LogP contribution in [0.25, 0.3) is 0 Å². The fourth-order valence-corrected chi connectivity index (χ4v) is 1.51. The van der Waals surface area contributed by atoms with E-state index in [1.165, 1.54) is 12.8 Å². The molecule has 4 nitrogen and oxygen atoms in total. The Bertz CT molecular complexity index is 390. The molecule has 1 aromatic rings. The summed E-state index contributed by atoms with van der Waals surface area (Å²) in [5.74, 6) is 1.31. The summed E-state index contributed by atoms with van der Waals surface area (Å²) in [5, 5.41) is 3.31. The summed E-state index contributed by atoms with van der Waals surface area (Å²) in [6.07, 6.45) is 1.97. The minimum absolute atomic E-state index is 0.374. The van der Waals surface area contributed by atoms with Crippen LogP contribution in [-0.2, 0) is 4.74 Å². The fourth-order valence-electron chi connectivity index (χ4n) is 1.38. The molecule has 5 heteroatoms. The first-order valence-electron chi connectivity index (χ1n) is 6.03. The third-order valence-corrected chi connectivity index (χ3v) is 2.85. The molecule has 1 fully saturated rings. The lowest BCUT2D eigenvalue weighted by Crippen LogP contribution is -2.29. The van der Waals surface area contributed by atoms with Gasteiger partial charge >= 0.3 is 6.09 Å². The number of alkyl carbamates (subject to hydrolysis) is 1. The van der Waals surface area contributed by atoms with Crippen molar-refractivity contribution in [2.24, 2.45) is 5.92 Å². The van der Waals surface area contributed by atoms with Gasteiger partial charge in [0.1, 0.15) is 12.4 Å². The molecule has 2 rings (SSSR count). The summed E-state index contributed by atoms with van der Waals surface area (Å²) in [4.78, 5) is 11.2. The summed E-state index contributed by atoms with van der Waals surface area (Å²) in [6, 6.07) is 7.09. The Kier molecular flexibility index (Phi) is 4.70. The van der Waals surface area contributed by atoms with Crippen LogP contribution in [0.5, 0.6) is 5.75 Å². The first-order valence-corrected chi connectivity index (χ1v) is 6.41. The van der Waals surface area contributed by atoms with Crippen LogP contribution in [0.4, 0.5) is 4.79 Å². The average molecular weight is 270 g/mol. The third-order valence-electron chi connectivity index (χ3n) is 2.60. The summed E-state index contributed by atoms with van der Waals surface area (Å²) in [6.45, 7) is 1.36. The Labute approximate surface area is 111 Å². The third kappa shape index (κ3) is 4.84. The molecular weight excluding hydrogens is 254 g/mol. The second-order valence-corrected chi connectivity index (χ2v) is 4.71. The summed E-state index contributed by atoms with van der Waals surface area (Å²) < 4.78 is 10.4. The van der Waals surface area contributed by atoms with Crippen LogP contribution in [0.1, 0.15) is 12.8 Å². The zero-order valence-electron chi connectivity index (χ0n) is 10.0. The van der Waals surface area contributed by atoms with Gasteiger partial charge in [-0.2, -0.15) is 0 Å². The number of nitrogens with one attached hydrogen (secondary N) is 1. The highest BCUT2D eigenvalue weighted by Crippen LogP contribution is 2.28. The van der Waals surface area contributed by atoms with Gasteiger partial charge in [0.2, 0.25) is 0 Å². The number of carbonyl (C=O) groups is 1. The van der Waals surface area contributed by atoms with E-state index in [-0.39, 0.29) is 6.09 Å². The normalized spacial score (nSPS) is 14.1. The number of ether oxygens (including phenoxy) is 2. The molecule has 0 aliphatic heterocycles. The van der Waals surface area contributed by atoms with Crippen LogP contribution in [-0.4, -0.2) is 25.9 Å². The number of rotatable bonds is 6. The second-order valence-electron chi connectivity index (χ2n) is 4.27. The van der Waals surface area contributed by atoms with E-state index < -0.39 is 0 Å². The zero-order valence-corrected chi connectivity index (χ0v) is 10.8. The quantitative estimate of drug-likeness (QED) is 0.808. The smallest absolute Gasteiger partial charge is 0.407 e. The highest BCUT2D eigenvalue weighted by atomic mass is 35.5. The number of amides is 1. The van der Waals surface area contributed by atoms with Gasteiger partial charge in [0.25, 0.3) is 0 Å². The highest BCUT2D eigenvalue weighted by molar-refractivity contribution is 6.30. The molecule has 1 aliphatic carbocycles. The fraction of sp³-hybridized carbons (Fsp3) is 0.462. The predicted octanol–water partition coefficient (Wildman–Crippen LogP) is 2.86. The van der Waals surface area contributed by atoms with Crippen molar-refractivity contribution in [1.29, 1.82) is 0 Å². The van der Waals surface area contributed by atoms with Crippen LogP contribution >= 0.6 is 11.6 Å². The van der Waals surface area contributed by atoms with Crippen LogP contribution in [0, 0.1) is 5.92 Å². The molecule has 1 aliphatic rings. The molecule has 0 unspecified atom stereocenters. The van der Waals surface area contributed by atoms with E-state index in [2.05, 4.69) is 5.32 Å². The minimum atomic E-state index is -0.374. The number of halogens is 1. The first-order chi connectivity index (χ1) is 8.74. The van der Waals surface area contributed by atoms with E-state index in [1.54, 1.807) is 24.3 Å². The van der Waals surface area contributed by atoms with E-state index in [0.29, 0.717) is 30.7 Å². The van der Waals surface area contributed by atoms with Gasteiger partial charge in [-0.3, -0.25) is 0 Å². The topological polar surface area (TPSA) is 47.6 Å². The van der Waals surface area contributed by atoms with Crippen LogP contribution in [0.3, 0.4) is 0 Å². The van der Waals surface area contributed by atoms with Gasteiger partial charge in [0, 0.05) is 5.02 Å². The lowest BCUT2D eigenvalue weighted by molar-refractivity contribution is 0.139. The molecule has 18 heavy (non-hydrogen) atoms. The van der Waals surface area contributed by atoms with Crippen LogP contribution in [0.15, 0.2) is 24.3 Å². The molecular formula is C13H16ClNO3. The zero-order chi connectivity index (χ0) is 12.8. The van der Waals surface area contributed by atoms with Gasteiger partial charge in [0.15, 0.2) is 0 Å². The largest absolute Gasteiger partial charge is 0.492 e. The molecule has 0 saturated heterocycles. The van der Waals surface area contributed by atoms with Gasteiger partial charge in [0.05, 0.1) is 13.2 Å². The van der Waals surface area contributed by atoms with Gasteiger partial charge in [-0.05, 0) is 43.0 Å². The SMILES string of the molecule is O=C(NCCOc1ccc(Cl)cc1)OCC1CC1. The molecule has 0 spiro atoms. The van der Waals surface area contributed by atoms with Gasteiger partial charge in [-0.1, -0.05) is 11.6 Å². The van der Waals surface area contributed by atoms with Crippen molar-refractivity contribution in [1.82, 2.24) is 5.32 Å². The minimum Gasteiger partial charge on any atom is -0.492 e. The Hall–Kier alpha value is -1.42. The van der Waals surface area contributed by atoms with Crippen molar-refractivity contribution < 1.29 is 14.3 Å². The maximum Gasteiger partial charge on any atom is 0.407 e. The molecule has 1 N–H and O–H groups in total. The van der Waals surface area contributed by atoms with Crippen LogP contribution in [0.2, 0.25) is 5.02 Å². The van der Waals surface area contributed by atoms with Crippen LogP contribution < -0.4 is 10.1 Å². The van der Waals surface area contributed by atoms with Crippen molar-refractivity contribution in [3.8, 4) is 5.75 Å². The number of benzene rings is 1. The molecule has 1 amide bonds. The average Bonchev–Trinajstić information content (AvgIpc) is 3.18. The molecule has 0 aromatic heterocycles. The van der Waals surface area contributed by atoms with E-state index in [1.807, 2.05) is 0 Å². The molecule has 1 aromatic carbocycles. The molecule has 0 heterocycles. The van der Waals surface area contributed by atoms with E-state index in [0.717, 1.165) is 5.75 Å². The summed E-state index contributed by atoms with van der Waals surface area (Å²) >= 11 is 5.75. The van der Waals surface area contributed by atoms with Gasteiger partial charge in [-0.15, -0.1) is 0 Å². The Morgan fingerprint density at radius 2 is 2.06 bits per heavy atom. The number of hydrogen-bond acceptors (Lipinski definition) is 3.